The SMILES string of the molecule is CC(=O)N1CCC(c2ccccc2)=C(CCl)C1.CC(=O)N1CCC(c2ccccc2)=C(CO)C1.O=S(Cl)Cl. The third kappa shape index (κ3) is 10.2. The molecule has 0 bridgehead atoms. The first kappa shape index (κ1) is 32.1. The van der Waals surface area contributed by atoms with Gasteiger partial charge >= 0.3 is 0 Å². The molecule has 10 heteroatoms. The number of alkyl halides is 1. The maximum absolute atomic E-state index is 11.4. The van der Waals surface area contributed by atoms with Crippen molar-refractivity contribution in [3.05, 3.63) is 82.9 Å². The molecule has 2 amide bonds. The van der Waals surface area contributed by atoms with E-state index in [0.29, 0.717) is 19.0 Å². The summed E-state index contributed by atoms with van der Waals surface area (Å²) in [5, 5.41) is 9.43. The van der Waals surface area contributed by atoms with Crippen molar-refractivity contribution in [1.29, 1.82) is 0 Å². The van der Waals surface area contributed by atoms with E-state index in [-0.39, 0.29) is 18.4 Å². The van der Waals surface area contributed by atoms with Crippen molar-refractivity contribution < 1.29 is 18.9 Å². The molecule has 2 aromatic rings. The molecular formula is C28H33Cl3N2O4S. The van der Waals surface area contributed by atoms with E-state index in [2.05, 4.69) is 45.6 Å². The van der Waals surface area contributed by atoms with Gasteiger partial charge in [-0.05, 0) is 46.3 Å². The molecule has 2 aliphatic rings. The second kappa shape index (κ2) is 16.7. The molecule has 0 unspecified atom stereocenters. The summed E-state index contributed by atoms with van der Waals surface area (Å²) in [6.45, 7) is 5.96. The maximum atomic E-state index is 11.4. The number of hydrogen-bond donors (Lipinski definition) is 1. The fourth-order valence-electron chi connectivity index (χ4n) is 4.44. The average molecular weight is 600 g/mol. The van der Waals surface area contributed by atoms with Gasteiger partial charge in [0.15, 0.2) is 0 Å². The largest absolute Gasteiger partial charge is 0.392 e. The lowest BCUT2D eigenvalue weighted by atomic mass is 9.94. The lowest BCUT2D eigenvalue weighted by Gasteiger charge is -2.29. The van der Waals surface area contributed by atoms with Gasteiger partial charge < -0.3 is 14.9 Å². The Hall–Kier alpha value is -2.16. The summed E-state index contributed by atoms with van der Waals surface area (Å²) in [5.41, 5.74) is 6.99. The van der Waals surface area contributed by atoms with Gasteiger partial charge in [-0.15, -0.1) is 11.6 Å². The lowest BCUT2D eigenvalue weighted by molar-refractivity contribution is -0.129. The molecule has 0 saturated carbocycles. The number of aliphatic hydroxyl groups is 1. The molecule has 0 aliphatic carbocycles. The zero-order valence-corrected chi connectivity index (χ0v) is 24.6. The van der Waals surface area contributed by atoms with Gasteiger partial charge in [-0.2, -0.15) is 0 Å². The normalized spacial score (nSPS) is 15.4. The Morgan fingerprint density at radius 3 is 1.50 bits per heavy atom. The second-order valence-corrected chi connectivity index (χ2v) is 11.5. The van der Waals surface area contributed by atoms with Crippen LogP contribution in [0.1, 0.15) is 37.8 Å². The number of rotatable bonds is 4. The minimum absolute atomic E-state index is 0.0218. The molecule has 6 nitrogen and oxygen atoms in total. The molecule has 206 valence electrons. The summed E-state index contributed by atoms with van der Waals surface area (Å²) in [5.74, 6) is 0.691. The first-order valence-electron chi connectivity index (χ1n) is 12.1. The van der Waals surface area contributed by atoms with E-state index < -0.39 is 9.23 Å². The molecule has 0 fully saturated rings. The molecular weight excluding hydrogens is 567 g/mol. The predicted molar refractivity (Wildman–Crippen MR) is 158 cm³/mol. The highest BCUT2D eigenvalue weighted by Gasteiger charge is 2.21. The Balaban J connectivity index is 0.000000234. The number of carbonyl (C=O) groups is 2. The lowest BCUT2D eigenvalue weighted by Crippen LogP contribution is -2.36. The topological polar surface area (TPSA) is 77.9 Å². The number of amides is 2. The van der Waals surface area contributed by atoms with E-state index in [1.165, 1.54) is 22.3 Å². The maximum Gasteiger partial charge on any atom is 0.219 e. The van der Waals surface area contributed by atoms with Crippen LogP contribution in [0.15, 0.2) is 71.8 Å². The highest BCUT2D eigenvalue weighted by atomic mass is 36.0. The predicted octanol–water partition coefficient (Wildman–Crippen LogP) is 5.66. The zero-order chi connectivity index (χ0) is 28.1. The highest BCUT2D eigenvalue weighted by Crippen LogP contribution is 2.28. The summed E-state index contributed by atoms with van der Waals surface area (Å²) in [6, 6.07) is 20.3. The summed E-state index contributed by atoms with van der Waals surface area (Å²) in [6.07, 6.45) is 1.71. The Labute approximate surface area is 241 Å². The van der Waals surface area contributed by atoms with Gasteiger partial charge in [0.2, 0.25) is 21.0 Å². The second-order valence-electron chi connectivity index (χ2n) is 8.75. The van der Waals surface area contributed by atoms with E-state index in [0.717, 1.165) is 37.1 Å². The van der Waals surface area contributed by atoms with Gasteiger partial charge in [-0.25, -0.2) is 4.21 Å². The van der Waals surface area contributed by atoms with Crippen molar-refractivity contribution in [3.8, 4) is 0 Å². The molecule has 4 rings (SSSR count). The summed E-state index contributed by atoms with van der Waals surface area (Å²) in [4.78, 5) is 26.3. The molecule has 0 saturated heterocycles. The van der Waals surface area contributed by atoms with Crippen LogP contribution < -0.4 is 0 Å². The fraction of sp³-hybridized carbons (Fsp3) is 0.357. The smallest absolute Gasteiger partial charge is 0.219 e. The molecule has 0 atom stereocenters. The number of nitrogens with zero attached hydrogens (tertiary/aromatic N) is 2. The molecule has 2 aromatic carbocycles. The van der Waals surface area contributed by atoms with Crippen molar-refractivity contribution >= 4 is 65.2 Å². The molecule has 1 N–H and O–H groups in total. The minimum atomic E-state index is -1.67. The van der Waals surface area contributed by atoms with Gasteiger partial charge in [0.05, 0.1) is 6.61 Å². The minimum Gasteiger partial charge on any atom is -0.392 e. The fourth-order valence-corrected chi connectivity index (χ4v) is 4.68. The van der Waals surface area contributed by atoms with E-state index in [9.17, 15) is 14.7 Å². The van der Waals surface area contributed by atoms with Gasteiger partial charge in [0.25, 0.3) is 0 Å². The van der Waals surface area contributed by atoms with Crippen molar-refractivity contribution in [2.75, 3.05) is 38.7 Å². The van der Waals surface area contributed by atoms with Gasteiger partial charge in [-0.1, -0.05) is 60.7 Å². The number of halogens is 3. The number of carbonyl (C=O) groups excluding carboxylic acids is 2. The van der Waals surface area contributed by atoms with Crippen LogP contribution in [0.25, 0.3) is 11.1 Å². The van der Waals surface area contributed by atoms with E-state index in [4.69, 9.17) is 15.8 Å². The van der Waals surface area contributed by atoms with E-state index >= 15 is 0 Å². The number of hydrogen-bond acceptors (Lipinski definition) is 4. The van der Waals surface area contributed by atoms with Crippen LogP contribution >= 0.6 is 33.0 Å². The third-order valence-corrected chi connectivity index (χ3v) is 6.69. The van der Waals surface area contributed by atoms with Crippen LogP contribution in [-0.4, -0.2) is 69.6 Å². The Morgan fingerprint density at radius 1 is 0.789 bits per heavy atom. The van der Waals surface area contributed by atoms with Crippen LogP contribution in [0.4, 0.5) is 0 Å². The van der Waals surface area contributed by atoms with Crippen LogP contribution in [0, 0.1) is 0 Å². The van der Waals surface area contributed by atoms with Gasteiger partial charge in [0.1, 0.15) is 0 Å². The highest BCUT2D eigenvalue weighted by molar-refractivity contribution is 8.26. The van der Waals surface area contributed by atoms with Crippen molar-refractivity contribution in [2.24, 2.45) is 0 Å². The van der Waals surface area contributed by atoms with Crippen LogP contribution in [0.5, 0.6) is 0 Å². The Kier molecular flexibility index (Phi) is 14.1. The van der Waals surface area contributed by atoms with Gasteiger partial charge in [0, 0.05) is 67.3 Å². The summed E-state index contributed by atoms with van der Waals surface area (Å²) in [7, 11) is 7.36. The molecule has 0 aromatic heterocycles. The summed E-state index contributed by atoms with van der Waals surface area (Å²) < 4.78 is 9.09. The summed E-state index contributed by atoms with van der Waals surface area (Å²) >= 11 is 6.00. The van der Waals surface area contributed by atoms with Crippen molar-refractivity contribution in [3.63, 3.8) is 0 Å². The Morgan fingerprint density at radius 2 is 1.16 bits per heavy atom. The van der Waals surface area contributed by atoms with E-state index in [1.807, 2.05) is 41.3 Å². The number of aliphatic hydroxyl groups excluding tert-OH is 1. The average Bonchev–Trinajstić information content (AvgIpc) is 2.93. The quantitative estimate of drug-likeness (QED) is 0.364. The first-order chi connectivity index (χ1) is 18.2. The zero-order valence-electron chi connectivity index (χ0n) is 21.5. The first-order valence-corrected chi connectivity index (χ1v) is 15.5. The van der Waals surface area contributed by atoms with Gasteiger partial charge in [-0.3, -0.25) is 9.59 Å². The van der Waals surface area contributed by atoms with Crippen LogP contribution in [0.3, 0.4) is 0 Å². The molecule has 0 spiro atoms. The molecule has 0 radical (unpaired) electrons. The molecule has 38 heavy (non-hydrogen) atoms. The van der Waals surface area contributed by atoms with Crippen LogP contribution in [0.2, 0.25) is 0 Å². The van der Waals surface area contributed by atoms with Crippen molar-refractivity contribution in [1.82, 2.24) is 9.80 Å². The molecule has 2 heterocycles. The number of benzene rings is 2. The van der Waals surface area contributed by atoms with Crippen molar-refractivity contribution in [2.45, 2.75) is 26.7 Å². The third-order valence-electron chi connectivity index (χ3n) is 6.37. The monoisotopic (exact) mass is 598 g/mol. The van der Waals surface area contributed by atoms with Crippen LogP contribution in [-0.2, 0) is 18.8 Å². The molecule has 2 aliphatic heterocycles. The standard InChI is InChI=1S/C14H16ClNO.C14H17NO2.Cl2OS/c1-11(17)16-8-7-14(13(9-15)10-16)12-5-3-2-4-6-12;1-11(17)15-8-7-14(13(9-15)10-16)12-5-3-2-4-6-12;1-4(2)3/h2-6H,7-10H2,1H3;2-6,16H,7-10H2,1H3;. The Bertz CT molecular complexity index is 1070. The van der Waals surface area contributed by atoms with E-state index in [1.54, 1.807) is 18.7 Å².